The average Bonchev–Trinajstić information content (AvgIpc) is 2.58. The predicted molar refractivity (Wildman–Crippen MR) is 102 cm³/mol. The summed E-state index contributed by atoms with van der Waals surface area (Å²) < 4.78 is 0. The Bertz CT molecular complexity index is 300. The molecule has 1 aromatic carbocycles. The van der Waals surface area contributed by atoms with E-state index in [1.54, 1.807) is 0 Å². The van der Waals surface area contributed by atoms with Crippen LogP contribution in [0, 0.1) is 0 Å². The predicted octanol–water partition coefficient (Wildman–Crippen LogP) is 6.55. The fraction of sp³-hybridized carbons (Fsp3) is 0.700. The van der Waals surface area contributed by atoms with Crippen LogP contribution in [0.4, 0.5) is 0 Å². The number of alkyl halides is 1. The van der Waals surface area contributed by atoms with Crippen LogP contribution in [0.25, 0.3) is 0 Å². The summed E-state index contributed by atoms with van der Waals surface area (Å²) in [4.78, 5) is 0. The molecule has 0 amide bonds. The van der Waals surface area contributed by atoms with E-state index < -0.39 is 0 Å². The van der Waals surface area contributed by atoms with E-state index in [1.807, 2.05) is 0 Å². The molecule has 1 nitrogen and oxygen atoms in total. The second-order valence-corrected chi connectivity index (χ2v) is 5.84. The van der Waals surface area contributed by atoms with Crippen LogP contribution in [0.5, 0.6) is 0 Å². The minimum atomic E-state index is 1.01. The molecule has 1 aromatic rings. The second kappa shape index (κ2) is 18.5. The first-order valence-corrected chi connectivity index (χ1v) is 9.81. The van der Waals surface area contributed by atoms with E-state index in [9.17, 15) is 0 Å². The summed E-state index contributed by atoms with van der Waals surface area (Å²) in [6.45, 7) is 4.45. The van der Waals surface area contributed by atoms with Crippen molar-refractivity contribution in [3.8, 4) is 0 Å². The van der Waals surface area contributed by atoms with Gasteiger partial charge in [-0.1, -0.05) is 95.0 Å². The molecule has 0 saturated carbocycles. The van der Waals surface area contributed by atoms with Gasteiger partial charge in [-0.25, -0.2) is 0 Å². The van der Waals surface area contributed by atoms with Crippen LogP contribution in [0.2, 0.25) is 0 Å². The molecule has 0 aliphatic heterocycles. The van der Waals surface area contributed by atoms with Crippen molar-refractivity contribution >= 4 is 11.6 Å². The van der Waals surface area contributed by atoms with Gasteiger partial charge in [0, 0.05) is 12.9 Å². The topological polar surface area (TPSA) is 12.0 Å². The molecular formula is C20H36ClN. The summed E-state index contributed by atoms with van der Waals surface area (Å²) in [5.74, 6) is 0. The van der Waals surface area contributed by atoms with Gasteiger partial charge in [-0.05, 0) is 18.5 Å². The first-order valence-electron chi connectivity index (χ1n) is 9.06. The summed E-state index contributed by atoms with van der Waals surface area (Å²) in [6.07, 6.45) is 15.6. The van der Waals surface area contributed by atoms with Gasteiger partial charge in [-0.2, -0.15) is 0 Å². The lowest BCUT2D eigenvalue weighted by atomic mass is 10.1. The van der Waals surface area contributed by atoms with Crippen LogP contribution in [0.1, 0.15) is 76.7 Å². The number of rotatable bonds is 13. The zero-order chi connectivity index (χ0) is 16.3. The average molecular weight is 326 g/mol. The summed E-state index contributed by atoms with van der Waals surface area (Å²) in [7, 11) is 0. The number of nitrogens with one attached hydrogen (secondary N) is 1. The van der Waals surface area contributed by atoms with Crippen molar-refractivity contribution in [2.24, 2.45) is 0 Å². The van der Waals surface area contributed by atoms with Crippen molar-refractivity contribution < 1.29 is 0 Å². The molecule has 0 radical (unpaired) electrons. The number of hydrogen-bond acceptors (Lipinski definition) is 1. The van der Waals surface area contributed by atoms with Gasteiger partial charge in [0.25, 0.3) is 0 Å². The van der Waals surface area contributed by atoms with Gasteiger partial charge in [0.15, 0.2) is 0 Å². The highest BCUT2D eigenvalue weighted by Crippen LogP contribution is 2.10. The van der Waals surface area contributed by atoms with E-state index in [1.165, 1.54) is 76.2 Å². The number of halogens is 1. The summed E-state index contributed by atoms with van der Waals surface area (Å²) in [6, 6.07) is 10.7. The highest BCUT2D eigenvalue weighted by atomic mass is 35.5. The number of benzene rings is 1. The van der Waals surface area contributed by atoms with Crippen molar-refractivity contribution in [1.82, 2.24) is 5.32 Å². The standard InChI is InChI=1S/C19H33N.CH3Cl/c1-2-3-4-5-6-7-8-9-10-14-17-20-18-19-15-12-11-13-16-19;1-2/h11-13,15-16,20H,2-10,14,17-18H2,1H3;1H3. The first kappa shape index (κ1) is 21.5. The van der Waals surface area contributed by atoms with Gasteiger partial charge in [0.1, 0.15) is 0 Å². The molecule has 0 spiro atoms. The molecule has 128 valence electrons. The molecule has 0 aromatic heterocycles. The Morgan fingerprint density at radius 2 is 1.23 bits per heavy atom. The quantitative estimate of drug-likeness (QED) is 0.320. The second-order valence-electron chi connectivity index (χ2n) is 5.84. The van der Waals surface area contributed by atoms with E-state index in [0.29, 0.717) is 0 Å². The number of unbranched alkanes of at least 4 members (excludes halogenated alkanes) is 9. The fourth-order valence-electron chi connectivity index (χ4n) is 2.57. The molecule has 0 fully saturated rings. The normalized spacial score (nSPS) is 10.1. The van der Waals surface area contributed by atoms with E-state index in [0.717, 1.165) is 13.1 Å². The smallest absolute Gasteiger partial charge is 0.0205 e. The third kappa shape index (κ3) is 14.4. The van der Waals surface area contributed by atoms with Gasteiger partial charge >= 0.3 is 0 Å². The van der Waals surface area contributed by atoms with Gasteiger partial charge < -0.3 is 5.32 Å². The minimum Gasteiger partial charge on any atom is -0.313 e. The molecule has 1 N–H and O–H groups in total. The van der Waals surface area contributed by atoms with E-state index in [-0.39, 0.29) is 0 Å². The van der Waals surface area contributed by atoms with E-state index in [2.05, 4.69) is 54.2 Å². The molecule has 0 unspecified atom stereocenters. The lowest BCUT2D eigenvalue weighted by molar-refractivity contribution is 0.543. The molecule has 0 bridgehead atoms. The maximum absolute atomic E-state index is 4.64. The summed E-state index contributed by atoms with van der Waals surface area (Å²) in [5.41, 5.74) is 1.39. The maximum Gasteiger partial charge on any atom is 0.0205 e. The van der Waals surface area contributed by atoms with Crippen molar-refractivity contribution in [1.29, 1.82) is 0 Å². The van der Waals surface area contributed by atoms with Crippen molar-refractivity contribution in [2.75, 3.05) is 12.9 Å². The Morgan fingerprint density at radius 1 is 0.727 bits per heavy atom. The van der Waals surface area contributed by atoms with Crippen LogP contribution in [-0.4, -0.2) is 12.9 Å². The molecule has 1 rings (SSSR count). The third-order valence-electron chi connectivity index (χ3n) is 3.88. The molecule has 2 heteroatoms. The first-order chi connectivity index (χ1) is 10.9. The van der Waals surface area contributed by atoms with E-state index in [4.69, 9.17) is 0 Å². The summed E-state index contributed by atoms with van der Waals surface area (Å²) >= 11 is 4.64. The third-order valence-corrected chi connectivity index (χ3v) is 3.88. The SMILES string of the molecule is CCCCCCCCCCCCNCc1ccccc1.CCl. The number of hydrogen-bond donors (Lipinski definition) is 1. The van der Waals surface area contributed by atoms with Gasteiger partial charge in [0.05, 0.1) is 0 Å². The van der Waals surface area contributed by atoms with Gasteiger partial charge in [0.2, 0.25) is 0 Å². The van der Waals surface area contributed by atoms with Crippen molar-refractivity contribution in [3.05, 3.63) is 35.9 Å². The Morgan fingerprint density at radius 3 is 1.77 bits per heavy atom. The largest absolute Gasteiger partial charge is 0.313 e. The van der Waals surface area contributed by atoms with Crippen molar-refractivity contribution in [2.45, 2.75) is 77.7 Å². The zero-order valence-corrected chi connectivity index (χ0v) is 15.5. The Balaban J connectivity index is 0.00000211. The van der Waals surface area contributed by atoms with Crippen LogP contribution >= 0.6 is 11.6 Å². The maximum atomic E-state index is 4.64. The fourth-order valence-corrected chi connectivity index (χ4v) is 2.57. The molecule has 0 saturated heterocycles. The lowest BCUT2D eigenvalue weighted by Crippen LogP contribution is -2.14. The van der Waals surface area contributed by atoms with E-state index >= 15 is 0 Å². The Hall–Kier alpha value is -0.530. The molecule has 0 aliphatic rings. The molecule has 0 aliphatic carbocycles. The highest BCUT2D eigenvalue weighted by Gasteiger charge is 1.93. The highest BCUT2D eigenvalue weighted by molar-refractivity contribution is 6.15. The molecule has 0 heterocycles. The Labute approximate surface area is 143 Å². The monoisotopic (exact) mass is 325 g/mol. The zero-order valence-electron chi connectivity index (χ0n) is 14.7. The Kier molecular flexibility index (Phi) is 18.1. The molecule has 0 atom stereocenters. The van der Waals surface area contributed by atoms with Crippen LogP contribution in [0.3, 0.4) is 0 Å². The van der Waals surface area contributed by atoms with Crippen molar-refractivity contribution in [3.63, 3.8) is 0 Å². The lowest BCUT2D eigenvalue weighted by Gasteiger charge is -2.05. The van der Waals surface area contributed by atoms with Crippen LogP contribution in [0.15, 0.2) is 30.3 Å². The van der Waals surface area contributed by atoms with Crippen LogP contribution < -0.4 is 5.32 Å². The molecule has 22 heavy (non-hydrogen) atoms. The van der Waals surface area contributed by atoms with Crippen LogP contribution in [-0.2, 0) is 6.54 Å². The molecular weight excluding hydrogens is 290 g/mol. The van der Waals surface area contributed by atoms with Gasteiger partial charge in [-0.3, -0.25) is 0 Å². The van der Waals surface area contributed by atoms with Gasteiger partial charge in [-0.15, -0.1) is 11.6 Å². The summed E-state index contributed by atoms with van der Waals surface area (Å²) in [5, 5.41) is 3.53. The minimum absolute atomic E-state index is 1.01.